The van der Waals surface area contributed by atoms with Gasteiger partial charge in [0.2, 0.25) is 21.8 Å². The summed E-state index contributed by atoms with van der Waals surface area (Å²) in [5, 5.41) is 5.86. The number of ether oxygens (including phenoxy) is 1. The first-order valence-electron chi connectivity index (χ1n) is 11.1. The maximum Gasteiger partial charge on any atom is 0.241 e. The highest BCUT2D eigenvalue weighted by atomic mass is 32.2. The van der Waals surface area contributed by atoms with Gasteiger partial charge in [0.15, 0.2) is 0 Å². The highest BCUT2D eigenvalue weighted by Gasteiger charge is 2.31. The lowest BCUT2D eigenvalue weighted by Crippen LogP contribution is -2.54. The fourth-order valence-electron chi connectivity index (χ4n) is 3.53. The maximum atomic E-state index is 12.9. The highest BCUT2D eigenvalue weighted by Crippen LogP contribution is 2.17. The normalized spacial score (nSPS) is 16.5. The molecule has 0 bridgehead atoms. The zero-order valence-corrected chi connectivity index (χ0v) is 20.2. The van der Waals surface area contributed by atoms with Gasteiger partial charge < -0.3 is 15.4 Å². The number of likely N-dealkylation sites (tertiary alicyclic amines) is 1. The number of sulfonamides is 1. The third-order valence-corrected chi connectivity index (χ3v) is 6.93. The van der Waals surface area contributed by atoms with Crippen LogP contribution in [0.2, 0.25) is 0 Å². The van der Waals surface area contributed by atoms with Crippen LogP contribution in [0.4, 0.5) is 0 Å². The van der Waals surface area contributed by atoms with E-state index in [-0.39, 0.29) is 28.7 Å². The van der Waals surface area contributed by atoms with Gasteiger partial charge in [-0.1, -0.05) is 20.8 Å². The Morgan fingerprint density at radius 3 is 2.31 bits per heavy atom. The molecular formula is C22H36N4O5S. The predicted octanol–water partition coefficient (Wildman–Crippen LogP) is 1.10. The zero-order valence-electron chi connectivity index (χ0n) is 19.4. The molecule has 1 atom stereocenters. The number of benzene rings is 1. The van der Waals surface area contributed by atoms with Crippen LogP contribution in [0.3, 0.4) is 0 Å². The van der Waals surface area contributed by atoms with Crippen LogP contribution in [0.5, 0.6) is 5.75 Å². The molecule has 1 saturated heterocycles. The van der Waals surface area contributed by atoms with Gasteiger partial charge in [0.1, 0.15) is 11.8 Å². The monoisotopic (exact) mass is 468 g/mol. The van der Waals surface area contributed by atoms with Crippen molar-refractivity contribution >= 4 is 21.8 Å². The standard InChI is InChI=1S/C22H36N4O5S/c1-5-12-23-20(27)15-26-13-10-17(11-14-26)24-22(28)21(16(2)3)25-32(29,30)19-8-6-18(31-4)7-9-19/h6-9,16-17,21,25H,5,10-15H2,1-4H3,(H,23,27)(H,24,28)/t21-/m0/s1. The number of hydrogen-bond acceptors (Lipinski definition) is 6. The van der Waals surface area contributed by atoms with E-state index < -0.39 is 16.1 Å². The van der Waals surface area contributed by atoms with E-state index in [0.29, 0.717) is 44.8 Å². The average Bonchev–Trinajstić information content (AvgIpc) is 2.77. The number of nitrogens with zero attached hydrogens (tertiary/aromatic N) is 1. The van der Waals surface area contributed by atoms with E-state index in [4.69, 9.17) is 4.74 Å². The zero-order chi connectivity index (χ0) is 23.7. The average molecular weight is 469 g/mol. The second-order valence-electron chi connectivity index (χ2n) is 8.43. The summed E-state index contributed by atoms with van der Waals surface area (Å²) in [6, 6.07) is 5.08. The van der Waals surface area contributed by atoms with Gasteiger partial charge >= 0.3 is 0 Å². The molecule has 0 aromatic heterocycles. The van der Waals surface area contributed by atoms with Crippen molar-refractivity contribution in [2.45, 2.75) is 57.0 Å². The minimum Gasteiger partial charge on any atom is -0.497 e. The van der Waals surface area contributed by atoms with Gasteiger partial charge in [-0.25, -0.2) is 8.42 Å². The fraction of sp³-hybridized carbons (Fsp3) is 0.636. The molecule has 2 rings (SSSR count). The quantitative estimate of drug-likeness (QED) is 0.448. The molecule has 0 unspecified atom stereocenters. The van der Waals surface area contributed by atoms with Crippen molar-refractivity contribution in [2.75, 3.05) is 33.3 Å². The summed E-state index contributed by atoms with van der Waals surface area (Å²) >= 11 is 0. The molecule has 0 saturated carbocycles. The Hall–Kier alpha value is -2.17. The minimum atomic E-state index is -3.86. The Morgan fingerprint density at radius 2 is 1.78 bits per heavy atom. The van der Waals surface area contributed by atoms with Crippen LogP contribution in [-0.4, -0.2) is 70.5 Å². The lowest BCUT2D eigenvalue weighted by molar-refractivity contribution is -0.125. The van der Waals surface area contributed by atoms with Crippen molar-refractivity contribution in [3.05, 3.63) is 24.3 Å². The lowest BCUT2D eigenvalue weighted by Gasteiger charge is -2.33. The molecule has 2 amide bonds. The highest BCUT2D eigenvalue weighted by molar-refractivity contribution is 7.89. The van der Waals surface area contributed by atoms with Crippen molar-refractivity contribution in [1.82, 2.24) is 20.3 Å². The van der Waals surface area contributed by atoms with Crippen molar-refractivity contribution in [1.29, 1.82) is 0 Å². The Kier molecular flexibility index (Phi) is 9.92. The number of piperidine rings is 1. The molecule has 1 fully saturated rings. The van der Waals surface area contributed by atoms with Gasteiger partial charge in [-0.15, -0.1) is 0 Å². The van der Waals surface area contributed by atoms with Gasteiger partial charge in [0, 0.05) is 25.7 Å². The van der Waals surface area contributed by atoms with Gasteiger partial charge in [-0.2, -0.15) is 4.72 Å². The first kappa shape index (κ1) is 26.1. The molecule has 10 heteroatoms. The van der Waals surface area contributed by atoms with Crippen molar-refractivity contribution in [3.8, 4) is 5.75 Å². The number of carbonyl (C=O) groups is 2. The number of amides is 2. The van der Waals surface area contributed by atoms with E-state index >= 15 is 0 Å². The predicted molar refractivity (Wildman–Crippen MR) is 123 cm³/mol. The minimum absolute atomic E-state index is 0.0159. The van der Waals surface area contributed by atoms with Crippen molar-refractivity contribution < 1.29 is 22.7 Å². The number of carbonyl (C=O) groups excluding carboxylic acids is 2. The number of nitrogens with one attached hydrogen (secondary N) is 3. The molecule has 1 aromatic carbocycles. The van der Waals surface area contributed by atoms with Gasteiger partial charge in [-0.3, -0.25) is 14.5 Å². The largest absolute Gasteiger partial charge is 0.497 e. The second kappa shape index (κ2) is 12.2. The third-order valence-electron chi connectivity index (χ3n) is 5.47. The van der Waals surface area contributed by atoms with Crippen LogP contribution in [0.1, 0.15) is 40.0 Å². The Morgan fingerprint density at radius 1 is 1.16 bits per heavy atom. The fourth-order valence-corrected chi connectivity index (χ4v) is 4.88. The van der Waals surface area contributed by atoms with E-state index in [1.54, 1.807) is 26.0 Å². The molecule has 1 aliphatic heterocycles. The Balaban J connectivity index is 1.91. The van der Waals surface area contributed by atoms with Crippen LogP contribution in [0.25, 0.3) is 0 Å². The SMILES string of the molecule is CCCNC(=O)CN1CCC(NC(=O)[C@@H](NS(=O)(=O)c2ccc(OC)cc2)C(C)C)CC1. The molecule has 180 valence electrons. The van der Waals surface area contributed by atoms with E-state index in [2.05, 4.69) is 20.3 Å². The second-order valence-corrected chi connectivity index (χ2v) is 10.1. The van der Waals surface area contributed by atoms with Crippen LogP contribution >= 0.6 is 0 Å². The lowest BCUT2D eigenvalue weighted by atomic mass is 10.0. The summed E-state index contributed by atoms with van der Waals surface area (Å²) in [5.74, 6) is 0.0000325. The van der Waals surface area contributed by atoms with E-state index in [9.17, 15) is 18.0 Å². The summed E-state index contributed by atoms with van der Waals surface area (Å²) in [5.41, 5.74) is 0. The molecule has 1 heterocycles. The third kappa shape index (κ3) is 7.75. The number of methoxy groups -OCH3 is 1. The maximum absolute atomic E-state index is 12.9. The van der Waals surface area contributed by atoms with Gasteiger partial charge in [-0.05, 0) is 49.4 Å². The Labute approximate surface area is 191 Å². The summed E-state index contributed by atoms with van der Waals surface area (Å²) in [6.45, 7) is 8.06. The smallest absolute Gasteiger partial charge is 0.241 e. The number of hydrogen-bond donors (Lipinski definition) is 3. The van der Waals surface area contributed by atoms with E-state index in [0.717, 1.165) is 6.42 Å². The summed E-state index contributed by atoms with van der Waals surface area (Å²) in [4.78, 5) is 26.9. The van der Waals surface area contributed by atoms with Crippen LogP contribution in [0, 0.1) is 5.92 Å². The molecule has 0 radical (unpaired) electrons. The molecule has 1 aromatic rings. The number of rotatable bonds is 11. The topological polar surface area (TPSA) is 117 Å². The molecule has 32 heavy (non-hydrogen) atoms. The molecule has 0 spiro atoms. The van der Waals surface area contributed by atoms with Crippen LogP contribution in [-0.2, 0) is 19.6 Å². The van der Waals surface area contributed by atoms with Crippen molar-refractivity contribution in [2.24, 2.45) is 5.92 Å². The van der Waals surface area contributed by atoms with Crippen LogP contribution < -0.4 is 20.1 Å². The molecule has 1 aliphatic rings. The molecule has 3 N–H and O–H groups in total. The summed E-state index contributed by atoms with van der Waals surface area (Å²) in [6.07, 6.45) is 2.32. The molecule has 9 nitrogen and oxygen atoms in total. The van der Waals surface area contributed by atoms with E-state index in [1.807, 2.05) is 6.92 Å². The van der Waals surface area contributed by atoms with Gasteiger partial charge in [0.25, 0.3) is 0 Å². The van der Waals surface area contributed by atoms with Crippen molar-refractivity contribution in [3.63, 3.8) is 0 Å². The first-order valence-corrected chi connectivity index (χ1v) is 12.6. The Bertz CT molecular complexity index is 850. The molecular weight excluding hydrogens is 432 g/mol. The summed E-state index contributed by atoms with van der Waals surface area (Å²) in [7, 11) is -2.36. The molecule has 0 aliphatic carbocycles. The van der Waals surface area contributed by atoms with E-state index in [1.165, 1.54) is 19.2 Å². The van der Waals surface area contributed by atoms with Crippen LogP contribution in [0.15, 0.2) is 29.2 Å². The summed E-state index contributed by atoms with van der Waals surface area (Å²) < 4.78 is 33.2. The van der Waals surface area contributed by atoms with Gasteiger partial charge in [0.05, 0.1) is 18.6 Å². The first-order chi connectivity index (χ1) is 15.2.